The molecule has 2 amide bonds. The van der Waals surface area contributed by atoms with Crippen LogP contribution in [0.15, 0.2) is 24.3 Å². The zero-order chi connectivity index (χ0) is 17.1. The minimum atomic E-state index is -0.531. The fourth-order valence-electron chi connectivity index (χ4n) is 4.04. The van der Waals surface area contributed by atoms with Gasteiger partial charge >= 0.3 is 0 Å². The molecule has 0 bridgehead atoms. The number of piperidine rings is 1. The van der Waals surface area contributed by atoms with Crippen LogP contribution in [0, 0.1) is 17.7 Å². The Balaban J connectivity index is 1.77. The van der Waals surface area contributed by atoms with Crippen LogP contribution < -0.4 is 5.32 Å². The summed E-state index contributed by atoms with van der Waals surface area (Å²) >= 11 is 0. The van der Waals surface area contributed by atoms with Gasteiger partial charge in [-0.15, -0.1) is 0 Å². The van der Waals surface area contributed by atoms with Gasteiger partial charge < -0.3 is 10.2 Å². The highest BCUT2D eigenvalue weighted by atomic mass is 19.1. The van der Waals surface area contributed by atoms with Crippen LogP contribution in [0.5, 0.6) is 0 Å². The van der Waals surface area contributed by atoms with Crippen molar-refractivity contribution in [1.82, 2.24) is 10.2 Å². The van der Waals surface area contributed by atoms with Gasteiger partial charge in [0.2, 0.25) is 11.8 Å². The van der Waals surface area contributed by atoms with Crippen molar-refractivity contribution in [3.05, 3.63) is 35.6 Å². The molecule has 1 aromatic rings. The number of hydrogen-bond acceptors (Lipinski definition) is 2. The Hall–Kier alpha value is -1.91. The number of carbonyl (C=O) groups is 2. The van der Waals surface area contributed by atoms with Crippen LogP contribution in [-0.4, -0.2) is 30.3 Å². The van der Waals surface area contributed by atoms with Crippen LogP contribution in [0.3, 0.4) is 0 Å². The Morgan fingerprint density at radius 3 is 2.67 bits per heavy atom. The summed E-state index contributed by atoms with van der Waals surface area (Å²) in [6.45, 7) is 0.691. The molecule has 2 fully saturated rings. The summed E-state index contributed by atoms with van der Waals surface area (Å²) in [7, 11) is 1.66. The van der Waals surface area contributed by atoms with Crippen molar-refractivity contribution >= 4 is 11.8 Å². The average Bonchev–Trinajstić information content (AvgIpc) is 3.09. The summed E-state index contributed by atoms with van der Waals surface area (Å²) in [6.07, 6.45) is 5.61. The predicted octanol–water partition coefficient (Wildman–Crippen LogP) is 3.04. The molecule has 24 heavy (non-hydrogen) atoms. The highest BCUT2D eigenvalue weighted by molar-refractivity contribution is 5.84. The number of rotatable bonds is 4. The highest BCUT2D eigenvalue weighted by Gasteiger charge is 2.40. The lowest BCUT2D eigenvalue weighted by Crippen LogP contribution is -2.47. The van der Waals surface area contributed by atoms with Gasteiger partial charge in [-0.2, -0.15) is 0 Å². The van der Waals surface area contributed by atoms with Crippen LogP contribution >= 0.6 is 0 Å². The third kappa shape index (κ3) is 3.45. The van der Waals surface area contributed by atoms with E-state index < -0.39 is 12.0 Å². The molecule has 3 rings (SSSR count). The van der Waals surface area contributed by atoms with E-state index in [-0.39, 0.29) is 17.6 Å². The average molecular weight is 332 g/mol. The number of likely N-dealkylation sites (tertiary alicyclic amines) is 1. The van der Waals surface area contributed by atoms with Gasteiger partial charge in [0.15, 0.2) is 0 Å². The van der Waals surface area contributed by atoms with E-state index >= 15 is 0 Å². The number of nitrogens with one attached hydrogen (secondary N) is 1. The third-order valence-corrected chi connectivity index (χ3v) is 5.46. The number of halogens is 1. The van der Waals surface area contributed by atoms with E-state index in [2.05, 4.69) is 5.32 Å². The van der Waals surface area contributed by atoms with Crippen LogP contribution in [0.1, 0.15) is 50.1 Å². The van der Waals surface area contributed by atoms with Gasteiger partial charge in [-0.05, 0) is 31.2 Å². The fraction of sp³-hybridized carbons (Fsp3) is 0.579. The number of nitrogens with zero attached hydrogens (tertiary/aromatic N) is 1. The lowest BCUT2D eigenvalue weighted by atomic mass is 9.83. The molecule has 2 aliphatic rings. The minimum absolute atomic E-state index is 0.0388. The molecule has 1 saturated heterocycles. The van der Waals surface area contributed by atoms with Gasteiger partial charge in [0, 0.05) is 25.6 Å². The molecule has 0 radical (unpaired) electrons. The van der Waals surface area contributed by atoms with Crippen molar-refractivity contribution in [2.75, 3.05) is 13.6 Å². The Morgan fingerprint density at radius 2 is 1.96 bits per heavy atom. The van der Waals surface area contributed by atoms with Crippen molar-refractivity contribution in [3.63, 3.8) is 0 Å². The second kappa shape index (κ2) is 7.32. The van der Waals surface area contributed by atoms with Crippen molar-refractivity contribution < 1.29 is 14.0 Å². The van der Waals surface area contributed by atoms with Crippen LogP contribution in [0.2, 0.25) is 0 Å². The minimum Gasteiger partial charge on any atom is -0.356 e. The molecule has 2 atom stereocenters. The molecule has 1 aliphatic heterocycles. The van der Waals surface area contributed by atoms with E-state index in [4.69, 9.17) is 0 Å². The maximum atomic E-state index is 14.3. The molecule has 1 aromatic carbocycles. The van der Waals surface area contributed by atoms with E-state index in [1.165, 1.54) is 36.6 Å². The van der Waals surface area contributed by atoms with E-state index in [1.54, 1.807) is 25.2 Å². The molecular weight excluding hydrogens is 307 g/mol. The lowest BCUT2D eigenvalue weighted by molar-refractivity contribution is -0.141. The Labute approximate surface area is 142 Å². The summed E-state index contributed by atoms with van der Waals surface area (Å²) in [5.74, 6) is -0.301. The number of carbonyl (C=O) groups excluding carboxylic acids is 2. The standard InChI is InChI=1S/C19H25FN2O2/c1-22-17(23)11-10-15(18(22)14-8-4-5-9-16(14)20)19(24)21-12-13-6-2-3-7-13/h4-5,8-9,13,15,18H,2-3,6-7,10-12H2,1H3,(H,21,24)/t15-,18+/m1/s1. The number of hydrogen-bond donors (Lipinski definition) is 1. The summed E-state index contributed by atoms with van der Waals surface area (Å²) < 4.78 is 14.3. The zero-order valence-electron chi connectivity index (χ0n) is 14.1. The SMILES string of the molecule is CN1C(=O)CC[C@@H](C(=O)NCC2CCCC2)[C@@H]1c1ccccc1F. The van der Waals surface area contributed by atoms with E-state index in [0.29, 0.717) is 30.9 Å². The first-order valence-electron chi connectivity index (χ1n) is 8.85. The predicted molar refractivity (Wildman–Crippen MR) is 89.6 cm³/mol. The van der Waals surface area contributed by atoms with Gasteiger partial charge in [0.25, 0.3) is 0 Å². The van der Waals surface area contributed by atoms with Crippen LogP contribution in [-0.2, 0) is 9.59 Å². The van der Waals surface area contributed by atoms with Crippen molar-refractivity contribution in [1.29, 1.82) is 0 Å². The largest absolute Gasteiger partial charge is 0.356 e. The summed E-state index contributed by atoms with van der Waals surface area (Å²) in [5.41, 5.74) is 0.425. The maximum Gasteiger partial charge on any atom is 0.225 e. The molecule has 0 aromatic heterocycles. The normalized spacial score (nSPS) is 25.1. The van der Waals surface area contributed by atoms with Gasteiger partial charge in [0.1, 0.15) is 5.82 Å². The molecule has 1 aliphatic carbocycles. The maximum absolute atomic E-state index is 14.3. The van der Waals surface area contributed by atoms with Gasteiger partial charge in [-0.1, -0.05) is 31.0 Å². The first-order valence-corrected chi connectivity index (χ1v) is 8.85. The monoisotopic (exact) mass is 332 g/mol. The first-order chi connectivity index (χ1) is 11.6. The van der Waals surface area contributed by atoms with E-state index in [0.717, 1.165) is 0 Å². The van der Waals surface area contributed by atoms with Crippen LogP contribution in [0.4, 0.5) is 4.39 Å². The van der Waals surface area contributed by atoms with Crippen molar-refractivity contribution in [2.24, 2.45) is 11.8 Å². The van der Waals surface area contributed by atoms with Crippen molar-refractivity contribution in [3.8, 4) is 0 Å². The molecule has 130 valence electrons. The molecule has 0 unspecified atom stereocenters. The molecule has 1 N–H and O–H groups in total. The molecule has 0 spiro atoms. The van der Waals surface area contributed by atoms with Crippen LogP contribution in [0.25, 0.3) is 0 Å². The summed E-state index contributed by atoms with van der Waals surface area (Å²) in [4.78, 5) is 26.4. The first kappa shape index (κ1) is 16.9. The zero-order valence-corrected chi connectivity index (χ0v) is 14.1. The lowest BCUT2D eigenvalue weighted by Gasteiger charge is -2.38. The molecule has 5 heteroatoms. The quantitative estimate of drug-likeness (QED) is 0.921. The third-order valence-electron chi connectivity index (χ3n) is 5.46. The number of benzene rings is 1. The Kier molecular flexibility index (Phi) is 5.17. The van der Waals surface area contributed by atoms with Gasteiger partial charge in [-0.25, -0.2) is 4.39 Å². The second-order valence-electron chi connectivity index (χ2n) is 7.01. The Bertz CT molecular complexity index is 613. The summed E-state index contributed by atoms with van der Waals surface area (Å²) in [5, 5.41) is 3.05. The molecular formula is C19H25FN2O2. The molecule has 4 nitrogen and oxygen atoms in total. The van der Waals surface area contributed by atoms with Crippen molar-refractivity contribution in [2.45, 2.75) is 44.6 Å². The topological polar surface area (TPSA) is 49.4 Å². The van der Waals surface area contributed by atoms with Gasteiger partial charge in [-0.3, -0.25) is 9.59 Å². The number of amides is 2. The Morgan fingerprint density at radius 1 is 1.25 bits per heavy atom. The van der Waals surface area contributed by atoms with E-state index in [1.807, 2.05) is 0 Å². The second-order valence-corrected chi connectivity index (χ2v) is 7.01. The summed E-state index contributed by atoms with van der Waals surface area (Å²) in [6, 6.07) is 5.90. The smallest absolute Gasteiger partial charge is 0.225 e. The highest BCUT2D eigenvalue weighted by Crippen LogP contribution is 2.37. The molecule has 1 saturated carbocycles. The van der Waals surface area contributed by atoms with E-state index in [9.17, 15) is 14.0 Å². The molecule has 1 heterocycles. The van der Waals surface area contributed by atoms with Gasteiger partial charge in [0.05, 0.1) is 12.0 Å². The fourth-order valence-corrected chi connectivity index (χ4v) is 4.04.